The molecule has 0 N–H and O–H groups in total. The van der Waals surface area contributed by atoms with Crippen LogP contribution in [0.3, 0.4) is 0 Å². The van der Waals surface area contributed by atoms with E-state index in [0.29, 0.717) is 17.5 Å². The summed E-state index contributed by atoms with van der Waals surface area (Å²) in [7, 11) is 0. The van der Waals surface area contributed by atoms with Gasteiger partial charge < -0.3 is 0 Å². The Morgan fingerprint density at radius 3 is 1.68 bits per heavy atom. The molecule has 6 aromatic carbocycles. The van der Waals surface area contributed by atoms with Gasteiger partial charge in [0.25, 0.3) is 0 Å². The van der Waals surface area contributed by atoms with Gasteiger partial charge in [0.2, 0.25) is 0 Å². The van der Waals surface area contributed by atoms with Gasteiger partial charge >= 0.3 is 0 Å². The molecule has 0 amide bonds. The largest absolute Gasteiger partial charge is 0.256 e. The quantitative estimate of drug-likeness (QED) is 0.152. The van der Waals surface area contributed by atoms with E-state index < -0.39 is 0 Å². The van der Waals surface area contributed by atoms with Crippen molar-refractivity contribution in [1.29, 1.82) is 0 Å². The van der Waals surface area contributed by atoms with Crippen molar-refractivity contribution in [3.8, 4) is 67.7 Å². The van der Waals surface area contributed by atoms with Crippen molar-refractivity contribution in [1.82, 2.24) is 29.9 Å². The van der Waals surface area contributed by atoms with Crippen LogP contribution in [0.25, 0.3) is 100 Å². The van der Waals surface area contributed by atoms with Gasteiger partial charge in [-0.15, -0.1) is 0 Å². The van der Waals surface area contributed by atoms with Gasteiger partial charge in [-0.25, -0.2) is 19.9 Å². The third kappa shape index (κ3) is 6.47. The molecule has 0 unspecified atom stereocenters. The van der Waals surface area contributed by atoms with Gasteiger partial charge in [0.05, 0.1) is 22.2 Å². The van der Waals surface area contributed by atoms with Crippen LogP contribution in [0.5, 0.6) is 0 Å². The Morgan fingerprint density at radius 1 is 0.368 bits per heavy atom. The number of hydrogen-bond acceptors (Lipinski definition) is 6. The number of hydrogen-bond donors (Lipinski definition) is 0. The SMILES string of the molecule is CC(C)c1cc(-c2ccccc2)c2ccc3ccc(-c4cccc(-c5nc(-c6ccccc6)nc(-c6cccc(-c7cccc8cccnc78)c6)n5)c4)nc3c2n1. The summed E-state index contributed by atoms with van der Waals surface area (Å²) in [6.07, 6.45) is 1.84. The Kier molecular flexibility index (Phi) is 8.57. The molecule has 4 heterocycles. The van der Waals surface area contributed by atoms with E-state index in [1.165, 1.54) is 11.1 Å². The maximum absolute atomic E-state index is 5.31. The highest BCUT2D eigenvalue weighted by Crippen LogP contribution is 2.36. The number of benzene rings is 6. The fraction of sp³-hybridized carbons (Fsp3) is 0.0588. The number of pyridine rings is 3. The van der Waals surface area contributed by atoms with Gasteiger partial charge in [0.15, 0.2) is 17.5 Å². The first-order valence-electron chi connectivity index (χ1n) is 19.2. The second-order valence-corrected chi connectivity index (χ2v) is 14.6. The average Bonchev–Trinajstić information content (AvgIpc) is 3.28. The van der Waals surface area contributed by atoms with Crippen LogP contribution in [0.4, 0.5) is 0 Å². The Morgan fingerprint density at radius 2 is 0.947 bits per heavy atom. The van der Waals surface area contributed by atoms with E-state index in [2.05, 4.69) is 141 Å². The molecule has 0 aliphatic rings. The molecule has 6 nitrogen and oxygen atoms in total. The molecule has 10 aromatic rings. The van der Waals surface area contributed by atoms with Crippen LogP contribution in [-0.4, -0.2) is 29.9 Å². The molecule has 0 saturated carbocycles. The molecule has 10 rings (SSSR count). The van der Waals surface area contributed by atoms with E-state index in [4.69, 9.17) is 29.9 Å². The summed E-state index contributed by atoms with van der Waals surface area (Å²) < 4.78 is 0. The molecule has 0 spiro atoms. The Balaban J connectivity index is 1.10. The maximum Gasteiger partial charge on any atom is 0.164 e. The van der Waals surface area contributed by atoms with Crippen molar-refractivity contribution in [3.05, 3.63) is 182 Å². The molecular formula is C51H36N6. The highest BCUT2D eigenvalue weighted by atomic mass is 15.0. The third-order valence-electron chi connectivity index (χ3n) is 10.5. The summed E-state index contributed by atoms with van der Waals surface area (Å²) in [5.41, 5.74) is 12.7. The fourth-order valence-electron chi connectivity index (χ4n) is 7.54. The van der Waals surface area contributed by atoms with Crippen LogP contribution in [0.1, 0.15) is 25.5 Å². The monoisotopic (exact) mass is 732 g/mol. The van der Waals surface area contributed by atoms with E-state index in [1.807, 2.05) is 48.7 Å². The minimum Gasteiger partial charge on any atom is -0.256 e. The number of aromatic nitrogens is 6. The lowest BCUT2D eigenvalue weighted by molar-refractivity contribution is 0.831. The smallest absolute Gasteiger partial charge is 0.164 e. The molecule has 0 radical (unpaired) electrons. The predicted octanol–water partition coefficient (Wildman–Crippen LogP) is 12.6. The summed E-state index contributed by atoms with van der Waals surface area (Å²) in [6, 6.07) is 58.4. The molecule has 270 valence electrons. The zero-order chi connectivity index (χ0) is 38.3. The topological polar surface area (TPSA) is 77.3 Å². The van der Waals surface area contributed by atoms with Gasteiger partial charge in [-0.2, -0.15) is 0 Å². The molecular weight excluding hydrogens is 697 g/mol. The third-order valence-corrected chi connectivity index (χ3v) is 10.5. The summed E-state index contributed by atoms with van der Waals surface area (Å²) in [6.45, 7) is 4.38. The molecule has 0 aliphatic carbocycles. The second kappa shape index (κ2) is 14.3. The lowest BCUT2D eigenvalue weighted by atomic mass is 9.96. The van der Waals surface area contributed by atoms with Gasteiger partial charge in [-0.1, -0.05) is 153 Å². The van der Waals surface area contributed by atoms with E-state index in [0.717, 1.165) is 77.5 Å². The maximum atomic E-state index is 5.31. The second-order valence-electron chi connectivity index (χ2n) is 14.6. The van der Waals surface area contributed by atoms with Gasteiger partial charge in [-0.3, -0.25) is 9.97 Å². The van der Waals surface area contributed by atoms with E-state index in [1.54, 1.807) is 0 Å². The summed E-state index contributed by atoms with van der Waals surface area (Å²) in [4.78, 5) is 30.4. The first-order valence-corrected chi connectivity index (χ1v) is 19.2. The van der Waals surface area contributed by atoms with Crippen molar-refractivity contribution in [2.45, 2.75) is 19.8 Å². The van der Waals surface area contributed by atoms with Gasteiger partial charge in [0.1, 0.15) is 0 Å². The molecule has 57 heavy (non-hydrogen) atoms. The van der Waals surface area contributed by atoms with E-state index in [-0.39, 0.29) is 5.92 Å². The predicted molar refractivity (Wildman–Crippen MR) is 232 cm³/mol. The van der Waals surface area contributed by atoms with Crippen molar-refractivity contribution in [3.63, 3.8) is 0 Å². The molecule has 0 fully saturated rings. The van der Waals surface area contributed by atoms with Gasteiger partial charge in [-0.05, 0) is 52.9 Å². The van der Waals surface area contributed by atoms with Crippen molar-refractivity contribution in [2.75, 3.05) is 0 Å². The molecule has 0 saturated heterocycles. The van der Waals surface area contributed by atoms with Crippen molar-refractivity contribution in [2.24, 2.45) is 0 Å². The van der Waals surface area contributed by atoms with E-state index in [9.17, 15) is 0 Å². The Bertz CT molecular complexity index is 3100. The highest BCUT2D eigenvalue weighted by Gasteiger charge is 2.17. The van der Waals surface area contributed by atoms with Crippen LogP contribution in [0, 0.1) is 0 Å². The highest BCUT2D eigenvalue weighted by molar-refractivity contribution is 6.09. The minimum absolute atomic E-state index is 0.260. The Hall–Kier alpha value is -7.44. The summed E-state index contributed by atoms with van der Waals surface area (Å²) in [5, 5.41) is 3.23. The molecule has 0 atom stereocenters. The summed E-state index contributed by atoms with van der Waals surface area (Å²) in [5.74, 6) is 2.04. The minimum atomic E-state index is 0.260. The van der Waals surface area contributed by atoms with E-state index >= 15 is 0 Å². The average molecular weight is 733 g/mol. The molecule has 4 aromatic heterocycles. The molecule has 0 aliphatic heterocycles. The van der Waals surface area contributed by atoms with Crippen LogP contribution >= 0.6 is 0 Å². The number of rotatable bonds is 7. The van der Waals surface area contributed by atoms with Crippen LogP contribution in [0.2, 0.25) is 0 Å². The zero-order valence-corrected chi connectivity index (χ0v) is 31.5. The van der Waals surface area contributed by atoms with Crippen LogP contribution < -0.4 is 0 Å². The first kappa shape index (κ1) is 34.1. The molecule has 0 bridgehead atoms. The lowest BCUT2D eigenvalue weighted by Crippen LogP contribution is -2.00. The Labute approximate surface area is 330 Å². The normalized spacial score (nSPS) is 11.5. The number of fused-ring (bicyclic) bond motifs is 4. The van der Waals surface area contributed by atoms with Crippen LogP contribution in [-0.2, 0) is 0 Å². The number of para-hydroxylation sites is 1. The van der Waals surface area contributed by atoms with Crippen LogP contribution in [0.15, 0.2) is 176 Å². The number of nitrogens with zero attached hydrogens (tertiary/aromatic N) is 6. The lowest BCUT2D eigenvalue weighted by Gasteiger charge is -2.14. The van der Waals surface area contributed by atoms with Gasteiger partial charge in [0, 0.05) is 55.9 Å². The fourth-order valence-corrected chi connectivity index (χ4v) is 7.54. The standard InChI is InChI=1S/C51H36N6/c1-32(2)45-31-43(33-13-5-3-6-14-33)42-26-24-35-25-27-44(53-47(35)48(42)54-45)38-19-10-21-40(30-38)51-56-49(36-15-7-4-8-16-36)55-50(57-51)39-20-9-18-37(29-39)41-23-11-17-34-22-12-28-52-46(34)41/h3-32H,1-2H3. The zero-order valence-electron chi connectivity index (χ0n) is 31.5. The summed E-state index contributed by atoms with van der Waals surface area (Å²) >= 11 is 0. The van der Waals surface area contributed by atoms with Crippen molar-refractivity contribution >= 4 is 32.7 Å². The molecule has 6 heteroatoms. The van der Waals surface area contributed by atoms with Crippen molar-refractivity contribution < 1.29 is 0 Å². The first-order chi connectivity index (χ1) is 28.1.